The molecule has 1 fully saturated rings. The lowest BCUT2D eigenvalue weighted by Crippen LogP contribution is -2.26. The Hall–Kier alpha value is -0.0500. The molecule has 0 amide bonds. The third kappa shape index (κ3) is 3.22. The van der Waals surface area contributed by atoms with Crippen LogP contribution in [-0.2, 0) is 6.42 Å². The largest absolute Gasteiger partial charge is 0.392 e. The van der Waals surface area contributed by atoms with E-state index >= 15 is 0 Å². The zero-order valence-corrected chi connectivity index (χ0v) is 11.2. The lowest BCUT2D eigenvalue weighted by molar-refractivity contribution is 0.0767. The number of halogens is 1. The Kier molecular flexibility index (Phi) is 4.28. The van der Waals surface area contributed by atoms with Crippen molar-refractivity contribution in [2.45, 2.75) is 45.1 Å². The normalized spacial score (nSPS) is 27.9. The maximum Gasteiger partial charge on any atom is 0.0931 e. The molecule has 16 heavy (non-hydrogen) atoms. The van der Waals surface area contributed by atoms with Crippen LogP contribution in [0.25, 0.3) is 0 Å². The van der Waals surface area contributed by atoms with E-state index in [9.17, 15) is 5.11 Å². The molecular weight excluding hydrogens is 240 g/mol. The summed E-state index contributed by atoms with van der Waals surface area (Å²) in [7, 11) is 0. The van der Waals surface area contributed by atoms with Crippen molar-refractivity contribution in [1.29, 1.82) is 0 Å². The maximum atomic E-state index is 10.2. The van der Waals surface area contributed by atoms with E-state index in [2.05, 4.69) is 6.92 Å². The van der Waals surface area contributed by atoms with Crippen molar-refractivity contribution in [3.63, 3.8) is 0 Å². The summed E-state index contributed by atoms with van der Waals surface area (Å²) < 4.78 is 0.819. The second kappa shape index (κ2) is 5.52. The molecule has 0 saturated heterocycles. The smallest absolute Gasteiger partial charge is 0.0931 e. The summed E-state index contributed by atoms with van der Waals surface area (Å²) in [5.74, 6) is 1.34. The van der Waals surface area contributed by atoms with Gasteiger partial charge >= 0.3 is 0 Å². The molecule has 1 aliphatic carbocycles. The summed E-state index contributed by atoms with van der Waals surface area (Å²) in [6.45, 7) is 2.31. The average Bonchev–Trinajstić information content (AvgIpc) is 2.65. The second-order valence-corrected chi connectivity index (χ2v) is 6.80. The van der Waals surface area contributed by atoms with Crippen molar-refractivity contribution in [2.75, 3.05) is 0 Å². The zero-order valence-electron chi connectivity index (χ0n) is 9.66. The lowest BCUT2D eigenvalue weighted by atomic mass is 9.79. The number of hydrogen-bond acceptors (Lipinski definition) is 2. The first-order chi connectivity index (χ1) is 7.65. The first kappa shape index (κ1) is 12.4. The number of aliphatic hydroxyl groups is 1. The van der Waals surface area contributed by atoms with E-state index in [4.69, 9.17) is 11.6 Å². The topological polar surface area (TPSA) is 20.2 Å². The van der Waals surface area contributed by atoms with Gasteiger partial charge in [-0.05, 0) is 36.8 Å². The Morgan fingerprint density at radius 2 is 2.06 bits per heavy atom. The maximum absolute atomic E-state index is 10.2. The van der Waals surface area contributed by atoms with Gasteiger partial charge in [0.05, 0.1) is 10.4 Å². The van der Waals surface area contributed by atoms with Crippen LogP contribution in [0.5, 0.6) is 0 Å². The van der Waals surface area contributed by atoms with Gasteiger partial charge in [-0.3, -0.25) is 0 Å². The van der Waals surface area contributed by atoms with Crippen LogP contribution >= 0.6 is 22.9 Å². The quantitative estimate of drug-likeness (QED) is 0.864. The summed E-state index contributed by atoms with van der Waals surface area (Å²) >= 11 is 7.47. The molecule has 0 spiro atoms. The molecule has 0 aliphatic heterocycles. The highest BCUT2D eigenvalue weighted by atomic mass is 35.5. The van der Waals surface area contributed by atoms with Crippen LogP contribution in [0.1, 0.15) is 37.5 Å². The van der Waals surface area contributed by atoms with E-state index in [1.807, 2.05) is 12.1 Å². The summed E-state index contributed by atoms with van der Waals surface area (Å²) in [4.78, 5) is 1.20. The van der Waals surface area contributed by atoms with Gasteiger partial charge in [0.1, 0.15) is 0 Å². The minimum Gasteiger partial charge on any atom is -0.392 e. The molecule has 1 unspecified atom stereocenters. The fourth-order valence-corrected chi connectivity index (χ4v) is 3.64. The van der Waals surface area contributed by atoms with Gasteiger partial charge in [-0.2, -0.15) is 0 Å². The predicted molar refractivity (Wildman–Crippen MR) is 70.2 cm³/mol. The van der Waals surface area contributed by atoms with Gasteiger partial charge in [0.15, 0.2) is 0 Å². The van der Waals surface area contributed by atoms with Gasteiger partial charge in [0.2, 0.25) is 0 Å². The fourth-order valence-electron chi connectivity index (χ4n) is 2.50. The van der Waals surface area contributed by atoms with Crippen LogP contribution in [0.2, 0.25) is 4.34 Å². The van der Waals surface area contributed by atoms with E-state index < -0.39 is 0 Å². The number of thiophene rings is 1. The molecule has 1 aromatic heterocycles. The molecule has 0 bridgehead atoms. The minimum absolute atomic E-state index is 0.179. The average molecular weight is 259 g/mol. The van der Waals surface area contributed by atoms with E-state index in [0.717, 1.165) is 16.7 Å². The van der Waals surface area contributed by atoms with Gasteiger partial charge in [-0.15, -0.1) is 11.3 Å². The van der Waals surface area contributed by atoms with Gasteiger partial charge in [0, 0.05) is 11.3 Å². The molecule has 0 radical (unpaired) electrons. The van der Waals surface area contributed by atoms with Crippen molar-refractivity contribution >= 4 is 22.9 Å². The van der Waals surface area contributed by atoms with Gasteiger partial charge in [-0.1, -0.05) is 31.4 Å². The van der Waals surface area contributed by atoms with Crippen molar-refractivity contribution < 1.29 is 5.11 Å². The molecule has 1 saturated carbocycles. The zero-order chi connectivity index (χ0) is 11.5. The van der Waals surface area contributed by atoms with Crippen molar-refractivity contribution in [2.24, 2.45) is 11.8 Å². The molecule has 1 atom stereocenters. The van der Waals surface area contributed by atoms with E-state index in [-0.39, 0.29) is 6.10 Å². The third-order valence-electron chi connectivity index (χ3n) is 3.64. The minimum atomic E-state index is -0.179. The summed E-state index contributed by atoms with van der Waals surface area (Å²) in [5, 5.41) is 10.2. The Bertz CT molecular complexity index is 328. The molecule has 3 heteroatoms. The molecule has 1 heterocycles. The summed E-state index contributed by atoms with van der Waals surface area (Å²) in [5.41, 5.74) is 0. The first-order valence-electron chi connectivity index (χ1n) is 6.07. The van der Waals surface area contributed by atoms with Gasteiger partial charge < -0.3 is 5.11 Å². The number of hydrogen-bond donors (Lipinski definition) is 1. The summed E-state index contributed by atoms with van der Waals surface area (Å²) in [6, 6.07) is 3.94. The van der Waals surface area contributed by atoms with E-state index in [0.29, 0.717) is 5.92 Å². The fraction of sp³-hybridized carbons (Fsp3) is 0.692. The Balaban J connectivity index is 1.85. The Labute approximate surface area is 106 Å². The molecule has 1 nitrogen and oxygen atoms in total. The molecule has 1 aromatic rings. The lowest BCUT2D eigenvalue weighted by Gasteiger charge is -2.29. The van der Waals surface area contributed by atoms with Crippen LogP contribution in [0.15, 0.2) is 12.1 Å². The monoisotopic (exact) mass is 258 g/mol. The third-order valence-corrected chi connectivity index (χ3v) is 4.90. The molecular formula is C13H19ClOS. The summed E-state index contributed by atoms with van der Waals surface area (Å²) in [6.07, 6.45) is 5.50. The standard InChI is InChI=1S/C13H19ClOS/c1-9-2-4-10(5-3-9)12(15)8-11-6-7-13(14)16-11/h6-7,9-10,12,15H,2-5,8H2,1H3. The van der Waals surface area contributed by atoms with Gasteiger partial charge in [-0.25, -0.2) is 0 Å². The molecule has 1 aliphatic rings. The Morgan fingerprint density at radius 1 is 1.38 bits per heavy atom. The van der Waals surface area contributed by atoms with E-state index in [1.54, 1.807) is 11.3 Å². The van der Waals surface area contributed by atoms with Crippen LogP contribution in [0, 0.1) is 11.8 Å². The van der Waals surface area contributed by atoms with Gasteiger partial charge in [0.25, 0.3) is 0 Å². The SMILES string of the molecule is CC1CCC(C(O)Cc2ccc(Cl)s2)CC1. The molecule has 2 rings (SSSR count). The second-order valence-electron chi connectivity index (χ2n) is 5.00. The number of aliphatic hydroxyl groups excluding tert-OH is 1. The highest BCUT2D eigenvalue weighted by molar-refractivity contribution is 7.16. The van der Waals surface area contributed by atoms with Crippen LogP contribution in [0.3, 0.4) is 0 Å². The van der Waals surface area contributed by atoms with Crippen LogP contribution < -0.4 is 0 Å². The first-order valence-corrected chi connectivity index (χ1v) is 7.27. The highest BCUT2D eigenvalue weighted by Gasteiger charge is 2.24. The molecule has 0 aromatic carbocycles. The van der Waals surface area contributed by atoms with Crippen LogP contribution in [-0.4, -0.2) is 11.2 Å². The Morgan fingerprint density at radius 3 is 2.62 bits per heavy atom. The predicted octanol–water partition coefficient (Wildman–Crippen LogP) is 4.13. The molecule has 90 valence electrons. The van der Waals surface area contributed by atoms with Crippen LogP contribution in [0.4, 0.5) is 0 Å². The molecule has 1 N–H and O–H groups in total. The van der Waals surface area contributed by atoms with Crippen molar-refractivity contribution in [3.05, 3.63) is 21.3 Å². The van der Waals surface area contributed by atoms with Crippen molar-refractivity contribution in [1.82, 2.24) is 0 Å². The number of rotatable bonds is 3. The van der Waals surface area contributed by atoms with E-state index in [1.165, 1.54) is 30.6 Å². The highest BCUT2D eigenvalue weighted by Crippen LogP contribution is 2.32. The van der Waals surface area contributed by atoms with Crippen molar-refractivity contribution in [3.8, 4) is 0 Å².